The summed E-state index contributed by atoms with van der Waals surface area (Å²) in [4.78, 5) is 0. The summed E-state index contributed by atoms with van der Waals surface area (Å²) in [5.41, 5.74) is 6.12. The van der Waals surface area contributed by atoms with Gasteiger partial charge in [-0.25, -0.2) is 8.78 Å². The van der Waals surface area contributed by atoms with Gasteiger partial charge in [-0.15, -0.1) is 0 Å². The molecular weight excluding hydrogens is 208 g/mol. The van der Waals surface area contributed by atoms with Crippen molar-refractivity contribution < 1.29 is 8.78 Å². The van der Waals surface area contributed by atoms with Crippen molar-refractivity contribution >= 4 is 0 Å². The van der Waals surface area contributed by atoms with Crippen LogP contribution in [0.5, 0.6) is 0 Å². The van der Waals surface area contributed by atoms with Crippen LogP contribution in [0.25, 0.3) is 0 Å². The van der Waals surface area contributed by atoms with Gasteiger partial charge in [0.25, 0.3) is 0 Å². The van der Waals surface area contributed by atoms with E-state index >= 15 is 0 Å². The summed E-state index contributed by atoms with van der Waals surface area (Å²) in [6.07, 6.45) is 2.69. The molecule has 1 nitrogen and oxygen atoms in total. The molecule has 0 aromatic heterocycles. The first-order chi connectivity index (χ1) is 7.59. The maximum absolute atomic E-state index is 13.4. The zero-order chi connectivity index (χ0) is 11.7. The van der Waals surface area contributed by atoms with Gasteiger partial charge >= 0.3 is 0 Å². The molecule has 88 valence electrons. The van der Waals surface area contributed by atoms with Crippen molar-refractivity contribution in [2.24, 2.45) is 17.6 Å². The molecule has 0 amide bonds. The molecule has 0 saturated heterocycles. The van der Waals surface area contributed by atoms with Gasteiger partial charge in [0, 0.05) is 11.6 Å². The zero-order valence-electron chi connectivity index (χ0n) is 9.42. The van der Waals surface area contributed by atoms with E-state index in [0.717, 1.165) is 0 Å². The van der Waals surface area contributed by atoms with Crippen molar-refractivity contribution in [2.45, 2.75) is 32.2 Å². The Hall–Kier alpha value is -0.960. The number of hydrogen-bond donors (Lipinski definition) is 1. The predicted molar refractivity (Wildman–Crippen MR) is 59.9 cm³/mol. The molecule has 0 spiro atoms. The minimum absolute atomic E-state index is 0.127. The van der Waals surface area contributed by atoms with E-state index in [0.29, 0.717) is 11.8 Å². The summed E-state index contributed by atoms with van der Waals surface area (Å²) < 4.78 is 26.8. The Balaban J connectivity index is 2.07. The van der Waals surface area contributed by atoms with E-state index in [2.05, 4.69) is 6.92 Å². The molecule has 0 heterocycles. The highest BCUT2D eigenvalue weighted by atomic mass is 19.1. The lowest BCUT2D eigenvalue weighted by Crippen LogP contribution is -2.32. The Bertz CT molecular complexity index is 354. The van der Waals surface area contributed by atoms with Gasteiger partial charge in [0.1, 0.15) is 11.6 Å². The third kappa shape index (κ3) is 2.40. The quantitative estimate of drug-likeness (QED) is 0.837. The molecule has 0 radical (unpaired) electrons. The second-order valence-corrected chi connectivity index (χ2v) is 4.76. The summed E-state index contributed by atoms with van der Waals surface area (Å²) in [5, 5.41) is 0. The number of halogens is 2. The van der Waals surface area contributed by atoms with E-state index in [-0.39, 0.29) is 18.0 Å². The van der Waals surface area contributed by atoms with Crippen LogP contribution in [-0.4, -0.2) is 6.04 Å². The molecule has 1 aromatic carbocycles. The van der Waals surface area contributed by atoms with Gasteiger partial charge in [-0.3, -0.25) is 0 Å². The molecular formula is C13H17F2N. The van der Waals surface area contributed by atoms with Gasteiger partial charge in [-0.05, 0) is 43.2 Å². The predicted octanol–water partition coefficient (Wildman–Crippen LogP) is 2.88. The standard InChI is InChI=1S/C13H17F2N/c1-8(9-5-6-9)13(16)7-10-11(14)3-2-4-12(10)15/h2-4,8-9,13H,5-7,16H2,1H3. The van der Waals surface area contributed by atoms with E-state index in [9.17, 15) is 8.78 Å². The number of rotatable bonds is 4. The minimum Gasteiger partial charge on any atom is -0.327 e. The summed E-state index contributed by atoms with van der Waals surface area (Å²) in [6, 6.07) is 3.79. The first-order valence-electron chi connectivity index (χ1n) is 5.78. The van der Waals surface area contributed by atoms with E-state index in [4.69, 9.17) is 5.73 Å². The van der Waals surface area contributed by atoms with Crippen LogP contribution in [-0.2, 0) is 6.42 Å². The van der Waals surface area contributed by atoms with Crippen LogP contribution < -0.4 is 5.73 Å². The summed E-state index contributed by atoms with van der Waals surface area (Å²) in [6.45, 7) is 2.07. The van der Waals surface area contributed by atoms with E-state index in [1.807, 2.05) is 0 Å². The highest BCUT2D eigenvalue weighted by Gasteiger charge is 2.32. The Kier molecular flexibility index (Phi) is 3.24. The highest BCUT2D eigenvalue weighted by Crippen LogP contribution is 2.38. The van der Waals surface area contributed by atoms with Gasteiger partial charge in [0.05, 0.1) is 0 Å². The number of hydrogen-bond acceptors (Lipinski definition) is 1. The van der Waals surface area contributed by atoms with Gasteiger partial charge in [-0.1, -0.05) is 13.0 Å². The van der Waals surface area contributed by atoms with Gasteiger partial charge < -0.3 is 5.73 Å². The summed E-state index contributed by atoms with van der Waals surface area (Å²) >= 11 is 0. The highest BCUT2D eigenvalue weighted by molar-refractivity contribution is 5.21. The molecule has 2 rings (SSSR count). The normalized spacial score (nSPS) is 19.5. The van der Waals surface area contributed by atoms with Crippen molar-refractivity contribution in [2.75, 3.05) is 0 Å². The van der Waals surface area contributed by atoms with E-state index < -0.39 is 11.6 Å². The molecule has 2 atom stereocenters. The van der Waals surface area contributed by atoms with Crippen LogP contribution in [0.3, 0.4) is 0 Å². The average Bonchev–Trinajstić information content (AvgIpc) is 3.06. The Morgan fingerprint density at radius 3 is 2.38 bits per heavy atom. The maximum Gasteiger partial charge on any atom is 0.129 e. The summed E-state index contributed by atoms with van der Waals surface area (Å²) in [7, 11) is 0. The third-order valence-electron chi connectivity index (χ3n) is 3.54. The first-order valence-corrected chi connectivity index (χ1v) is 5.78. The Morgan fingerprint density at radius 2 is 1.88 bits per heavy atom. The molecule has 2 N–H and O–H groups in total. The molecule has 16 heavy (non-hydrogen) atoms. The topological polar surface area (TPSA) is 26.0 Å². The fourth-order valence-electron chi connectivity index (χ4n) is 2.12. The van der Waals surface area contributed by atoms with Gasteiger partial charge in [0.2, 0.25) is 0 Å². The molecule has 0 aliphatic heterocycles. The summed E-state index contributed by atoms with van der Waals surface area (Å²) in [5.74, 6) is 0.0285. The second kappa shape index (κ2) is 4.50. The van der Waals surface area contributed by atoms with Crippen molar-refractivity contribution in [3.63, 3.8) is 0 Å². The first kappa shape index (κ1) is 11.5. The molecule has 1 fully saturated rings. The molecule has 1 saturated carbocycles. The van der Waals surface area contributed by atoms with Crippen LogP contribution in [0.4, 0.5) is 8.78 Å². The fourth-order valence-corrected chi connectivity index (χ4v) is 2.12. The smallest absolute Gasteiger partial charge is 0.129 e. The number of benzene rings is 1. The average molecular weight is 225 g/mol. The van der Waals surface area contributed by atoms with Crippen LogP contribution in [0.2, 0.25) is 0 Å². The van der Waals surface area contributed by atoms with Gasteiger partial charge in [-0.2, -0.15) is 0 Å². The number of nitrogens with two attached hydrogens (primary N) is 1. The largest absolute Gasteiger partial charge is 0.327 e. The molecule has 1 aromatic rings. The van der Waals surface area contributed by atoms with E-state index in [1.165, 1.54) is 31.0 Å². The molecule has 2 unspecified atom stereocenters. The Morgan fingerprint density at radius 1 is 1.31 bits per heavy atom. The van der Waals surface area contributed by atoms with E-state index in [1.54, 1.807) is 0 Å². The van der Waals surface area contributed by atoms with Crippen LogP contribution in [0.1, 0.15) is 25.3 Å². The van der Waals surface area contributed by atoms with Crippen LogP contribution in [0.15, 0.2) is 18.2 Å². The fraction of sp³-hybridized carbons (Fsp3) is 0.538. The van der Waals surface area contributed by atoms with Crippen molar-refractivity contribution in [3.05, 3.63) is 35.4 Å². The second-order valence-electron chi connectivity index (χ2n) is 4.76. The molecule has 1 aliphatic carbocycles. The van der Waals surface area contributed by atoms with Crippen molar-refractivity contribution in [1.82, 2.24) is 0 Å². The minimum atomic E-state index is -0.488. The Labute approximate surface area is 94.7 Å². The molecule has 0 bridgehead atoms. The molecule has 1 aliphatic rings. The lowest BCUT2D eigenvalue weighted by molar-refractivity contribution is 0.394. The van der Waals surface area contributed by atoms with Crippen LogP contribution in [0, 0.1) is 23.5 Å². The maximum atomic E-state index is 13.4. The lowest BCUT2D eigenvalue weighted by Gasteiger charge is -2.19. The van der Waals surface area contributed by atoms with Crippen LogP contribution >= 0.6 is 0 Å². The zero-order valence-corrected chi connectivity index (χ0v) is 9.42. The monoisotopic (exact) mass is 225 g/mol. The molecule has 3 heteroatoms. The van der Waals surface area contributed by atoms with Gasteiger partial charge in [0.15, 0.2) is 0 Å². The van der Waals surface area contributed by atoms with Crippen molar-refractivity contribution in [1.29, 1.82) is 0 Å². The lowest BCUT2D eigenvalue weighted by atomic mass is 9.91. The SMILES string of the molecule is CC(C(N)Cc1c(F)cccc1F)C1CC1. The third-order valence-corrected chi connectivity index (χ3v) is 3.54. The van der Waals surface area contributed by atoms with Crippen molar-refractivity contribution in [3.8, 4) is 0 Å².